The Morgan fingerprint density at radius 3 is 3.06 bits per heavy atom. The number of carbonyl (C=O) groups is 2. The molecule has 0 saturated carbocycles. The molecule has 1 saturated heterocycles. The lowest BCUT2D eigenvalue weighted by atomic mass is 10.1. The van der Waals surface area contributed by atoms with Crippen LogP contribution in [0.4, 0.5) is 0 Å². The number of hydrogen-bond donors (Lipinski definition) is 2. The van der Waals surface area contributed by atoms with Gasteiger partial charge in [0.05, 0.1) is 6.61 Å². The van der Waals surface area contributed by atoms with Gasteiger partial charge in [-0.3, -0.25) is 4.79 Å². The minimum Gasteiger partial charge on any atom is -0.476 e. The van der Waals surface area contributed by atoms with Crippen LogP contribution in [0.1, 0.15) is 26.7 Å². The van der Waals surface area contributed by atoms with Crippen molar-refractivity contribution in [3.05, 3.63) is 16.1 Å². The van der Waals surface area contributed by atoms with E-state index >= 15 is 0 Å². The van der Waals surface area contributed by atoms with Crippen molar-refractivity contribution in [3.63, 3.8) is 0 Å². The van der Waals surface area contributed by atoms with Crippen LogP contribution in [-0.2, 0) is 4.74 Å². The number of carboxylic acids is 1. The summed E-state index contributed by atoms with van der Waals surface area (Å²) in [5, 5.41) is 12.9. The van der Waals surface area contributed by atoms with Gasteiger partial charge in [-0.1, -0.05) is 0 Å². The molecule has 2 rings (SSSR count). The number of hydrogen-bond acceptors (Lipinski definition) is 5. The first kappa shape index (κ1) is 12.0. The van der Waals surface area contributed by atoms with E-state index in [0.717, 1.165) is 24.4 Å². The molecule has 2 heterocycles. The molecule has 7 heteroatoms. The van der Waals surface area contributed by atoms with Crippen molar-refractivity contribution in [3.8, 4) is 0 Å². The van der Waals surface area contributed by atoms with Gasteiger partial charge in [-0.25, -0.2) is 9.78 Å². The maximum Gasteiger partial charge on any atom is 0.355 e. The highest BCUT2D eigenvalue weighted by Gasteiger charge is 2.18. The van der Waals surface area contributed by atoms with E-state index in [0.29, 0.717) is 19.1 Å². The number of nitrogens with one attached hydrogen (secondary N) is 1. The third-order valence-corrected chi connectivity index (χ3v) is 3.33. The SMILES string of the molecule is O=C(O)c1csc(C(=O)NCC2CCOC2)n1. The van der Waals surface area contributed by atoms with Gasteiger partial charge in [-0.05, 0) is 6.42 Å². The van der Waals surface area contributed by atoms with Gasteiger partial charge >= 0.3 is 5.97 Å². The Kier molecular flexibility index (Phi) is 3.70. The van der Waals surface area contributed by atoms with Crippen LogP contribution in [0.3, 0.4) is 0 Å². The van der Waals surface area contributed by atoms with Crippen LogP contribution in [-0.4, -0.2) is 41.7 Å². The number of aromatic carboxylic acids is 1. The Morgan fingerprint density at radius 2 is 2.47 bits per heavy atom. The summed E-state index contributed by atoms with van der Waals surface area (Å²) in [6.45, 7) is 1.94. The van der Waals surface area contributed by atoms with Gasteiger partial charge in [0, 0.05) is 24.4 Å². The number of carbonyl (C=O) groups excluding carboxylic acids is 1. The molecule has 92 valence electrons. The first-order valence-electron chi connectivity index (χ1n) is 5.21. The molecule has 0 bridgehead atoms. The summed E-state index contributed by atoms with van der Waals surface area (Å²) >= 11 is 1.03. The number of ether oxygens (including phenoxy) is 1. The lowest BCUT2D eigenvalue weighted by Gasteiger charge is -2.07. The fraction of sp³-hybridized carbons (Fsp3) is 0.500. The van der Waals surface area contributed by atoms with Crippen molar-refractivity contribution in [2.24, 2.45) is 5.92 Å². The second-order valence-corrected chi connectivity index (χ2v) is 4.64. The monoisotopic (exact) mass is 256 g/mol. The number of thiazole rings is 1. The van der Waals surface area contributed by atoms with Crippen LogP contribution < -0.4 is 5.32 Å². The first-order valence-corrected chi connectivity index (χ1v) is 6.09. The Morgan fingerprint density at radius 1 is 1.65 bits per heavy atom. The van der Waals surface area contributed by atoms with Crippen LogP contribution in [0.2, 0.25) is 0 Å². The summed E-state index contributed by atoms with van der Waals surface area (Å²) < 4.78 is 5.19. The summed E-state index contributed by atoms with van der Waals surface area (Å²) in [5.74, 6) is -1.10. The lowest BCUT2D eigenvalue weighted by Crippen LogP contribution is -2.29. The second-order valence-electron chi connectivity index (χ2n) is 3.78. The van der Waals surface area contributed by atoms with Gasteiger partial charge in [0.1, 0.15) is 0 Å². The largest absolute Gasteiger partial charge is 0.476 e. The molecule has 1 aromatic rings. The molecule has 0 aliphatic carbocycles. The number of nitrogens with zero attached hydrogens (tertiary/aromatic N) is 1. The molecule has 1 atom stereocenters. The van der Waals surface area contributed by atoms with Gasteiger partial charge in [-0.2, -0.15) is 0 Å². The zero-order valence-electron chi connectivity index (χ0n) is 9.01. The van der Waals surface area contributed by atoms with Crippen LogP contribution in [0.15, 0.2) is 5.38 Å². The fourth-order valence-electron chi connectivity index (χ4n) is 1.53. The minimum atomic E-state index is -1.12. The van der Waals surface area contributed by atoms with E-state index in [9.17, 15) is 9.59 Å². The summed E-state index contributed by atoms with van der Waals surface area (Å²) in [6, 6.07) is 0. The van der Waals surface area contributed by atoms with Gasteiger partial charge < -0.3 is 15.2 Å². The van der Waals surface area contributed by atoms with Crippen molar-refractivity contribution < 1.29 is 19.4 Å². The minimum absolute atomic E-state index is 0.0932. The molecule has 1 amide bonds. The fourth-order valence-corrected chi connectivity index (χ4v) is 2.24. The molecule has 6 nitrogen and oxygen atoms in total. The number of amides is 1. The lowest BCUT2D eigenvalue weighted by molar-refractivity contribution is 0.0691. The molecule has 1 fully saturated rings. The van der Waals surface area contributed by atoms with Crippen molar-refractivity contribution in [2.45, 2.75) is 6.42 Å². The molecule has 0 radical (unpaired) electrons. The highest BCUT2D eigenvalue weighted by atomic mass is 32.1. The maximum absolute atomic E-state index is 11.6. The third kappa shape index (κ3) is 3.01. The molecule has 0 spiro atoms. The molecular formula is C10H12N2O4S. The Balaban J connectivity index is 1.87. The second kappa shape index (κ2) is 5.24. The van der Waals surface area contributed by atoms with Crippen molar-refractivity contribution in [1.29, 1.82) is 0 Å². The van der Waals surface area contributed by atoms with Crippen molar-refractivity contribution in [1.82, 2.24) is 10.3 Å². The Labute approximate surface area is 102 Å². The summed E-state index contributed by atoms with van der Waals surface area (Å²) in [5.41, 5.74) is -0.0932. The number of aromatic nitrogens is 1. The average Bonchev–Trinajstić information content (AvgIpc) is 2.96. The molecule has 2 N–H and O–H groups in total. The normalized spacial score (nSPS) is 19.2. The summed E-state index contributed by atoms with van der Waals surface area (Å²) in [7, 11) is 0. The van der Waals surface area contributed by atoms with E-state index < -0.39 is 5.97 Å². The summed E-state index contributed by atoms with van der Waals surface area (Å²) in [4.78, 5) is 26.0. The summed E-state index contributed by atoms with van der Waals surface area (Å²) in [6.07, 6.45) is 0.943. The molecule has 1 unspecified atom stereocenters. The van der Waals surface area contributed by atoms with Gasteiger partial charge in [0.25, 0.3) is 5.91 Å². The molecule has 1 aliphatic rings. The van der Waals surface area contributed by atoms with Gasteiger partial charge in [0.15, 0.2) is 10.7 Å². The van der Waals surface area contributed by atoms with E-state index in [1.807, 2.05) is 0 Å². The Hall–Kier alpha value is -1.47. The van der Waals surface area contributed by atoms with Crippen LogP contribution >= 0.6 is 11.3 Å². The first-order chi connectivity index (χ1) is 8.16. The molecule has 0 aromatic carbocycles. The smallest absolute Gasteiger partial charge is 0.355 e. The molecule has 1 aromatic heterocycles. The van der Waals surface area contributed by atoms with Crippen LogP contribution in [0.25, 0.3) is 0 Å². The third-order valence-electron chi connectivity index (χ3n) is 2.49. The van der Waals surface area contributed by atoms with Crippen LogP contribution in [0, 0.1) is 5.92 Å². The van der Waals surface area contributed by atoms with E-state index in [2.05, 4.69) is 10.3 Å². The topological polar surface area (TPSA) is 88.5 Å². The zero-order chi connectivity index (χ0) is 12.3. The zero-order valence-corrected chi connectivity index (χ0v) is 9.83. The Bertz CT molecular complexity index is 426. The van der Waals surface area contributed by atoms with E-state index in [1.54, 1.807) is 0 Å². The van der Waals surface area contributed by atoms with Crippen molar-refractivity contribution in [2.75, 3.05) is 19.8 Å². The van der Waals surface area contributed by atoms with Crippen molar-refractivity contribution >= 4 is 23.2 Å². The quantitative estimate of drug-likeness (QED) is 0.823. The van der Waals surface area contributed by atoms with Crippen LogP contribution in [0.5, 0.6) is 0 Å². The molecular weight excluding hydrogens is 244 g/mol. The van der Waals surface area contributed by atoms with E-state index in [1.165, 1.54) is 5.38 Å². The maximum atomic E-state index is 11.6. The van der Waals surface area contributed by atoms with Gasteiger partial charge in [0.2, 0.25) is 0 Å². The average molecular weight is 256 g/mol. The van der Waals surface area contributed by atoms with E-state index in [4.69, 9.17) is 9.84 Å². The number of rotatable bonds is 4. The predicted molar refractivity (Wildman–Crippen MR) is 60.3 cm³/mol. The highest BCUT2D eigenvalue weighted by Crippen LogP contribution is 2.12. The molecule has 1 aliphatic heterocycles. The standard InChI is InChI=1S/C10H12N2O4S/c13-8(11-3-6-1-2-16-4-6)9-12-7(5-17-9)10(14)15/h5-6H,1-4H2,(H,11,13)(H,14,15). The highest BCUT2D eigenvalue weighted by molar-refractivity contribution is 7.11. The number of carboxylic acid groups (broad SMARTS) is 1. The predicted octanol–water partition coefficient (Wildman–Crippen LogP) is 0.608. The molecule has 17 heavy (non-hydrogen) atoms. The van der Waals surface area contributed by atoms with E-state index in [-0.39, 0.29) is 16.6 Å². The van der Waals surface area contributed by atoms with Gasteiger partial charge in [-0.15, -0.1) is 11.3 Å².